The smallest absolute Gasteiger partial charge is 0.0598 e. The average Bonchev–Trinajstić information content (AvgIpc) is 2.40. The zero-order valence-electron chi connectivity index (χ0n) is 6.72. The summed E-state index contributed by atoms with van der Waals surface area (Å²) in [4.78, 5) is 0. The molecule has 0 aromatic carbocycles. The van der Waals surface area contributed by atoms with Gasteiger partial charge in [0, 0.05) is 7.14 Å². The summed E-state index contributed by atoms with van der Waals surface area (Å²) in [5.74, 6) is 0. The number of hydrogen-bond acceptors (Lipinski definition) is 1. The summed E-state index contributed by atoms with van der Waals surface area (Å²) in [6.07, 6.45) is 0. The Hall–Kier alpha value is -0.0400. The molecule has 13 heavy (non-hydrogen) atoms. The monoisotopic (exact) mass is 395 g/mol. The number of nitrogen functional groups attached to an aromatic ring is 1. The molecule has 0 aliphatic heterocycles. The molecule has 0 amide bonds. The fourth-order valence-corrected chi connectivity index (χ4v) is 3.31. The summed E-state index contributed by atoms with van der Waals surface area (Å²) >= 11 is 4.59. The number of rotatable bonds is 0. The van der Waals surface area contributed by atoms with Crippen molar-refractivity contribution < 1.29 is 0 Å². The van der Waals surface area contributed by atoms with Gasteiger partial charge in [-0.05, 0) is 56.3 Å². The van der Waals surface area contributed by atoms with Crippen LogP contribution in [0.1, 0.15) is 0 Å². The van der Waals surface area contributed by atoms with Gasteiger partial charge in [0.2, 0.25) is 0 Å². The molecule has 0 heterocycles. The third-order valence-corrected chi connectivity index (χ3v) is 4.31. The Labute approximate surface area is 104 Å². The van der Waals surface area contributed by atoms with Crippen molar-refractivity contribution in [2.45, 2.75) is 0 Å². The number of hydrogen-bond donors (Lipinski definition) is 1. The van der Waals surface area contributed by atoms with E-state index in [-0.39, 0.29) is 0 Å². The summed E-state index contributed by atoms with van der Waals surface area (Å²) in [6, 6.07) is 10.3. The number of fused-ring (bicyclic) bond motifs is 1. The zero-order chi connectivity index (χ0) is 9.42. The summed E-state index contributed by atoms with van der Waals surface area (Å²) in [7, 11) is 0. The lowest BCUT2D eigenvalue weighted by Crippen LogP contribution is -1.84. The normalized spacial score (nSPS) is 10.6. The van der Waals surface area contributed by atoms with Crippen molar-refractivity contribution in [1.29, 1.82) is 0 Å². The molecule has 0 aromatic rings. The van der Waals surface area contributed by atoms with Crippen LogP contribution in [0.2, 0.25) is 0 Å². The molecule has 2 rings (SSSR count). The van der Waals surface area contributed by atoms with Gasteiger partial charge in [-0.3, -0.25) is 0 Å². The van der Waals surface area contributed by atoms with E-state index in [9.17, 15) is 0 Å². The van der Waals surface area contributed by atoms with Gasteiger partial charge in [0.05, 0.1) is 5.69 Å². The summed E-state index contributed by atoms with van der Waals surface area (Å²) < 4.78 is 2.32. The van der Waals surface area contributed by atoms with Crippen molar-refractivity contribution in [1.82, 2.24) is 0 Å². The van der Waals surface area contributed by atoms with Gasteiger partial charge in [-0.1, -0.05) is 30.3 Å². The maximum absolute atomic E-state index is 5.94. The third-order valence-electron chi connectivity index (χ3n) is 1.98. The topological polar surface area (TPSA) is 26.0 Å². The van der Waals surface area contributed by atoms with Crippen LogP contribution in [-0.2, 0) is 0 Å². The Kier molecular flexibility index (Phi) is 2.64. The van der Waals surface area contributed by atoms with Gasteiger partial charge in [-0.2, -0.15) is 0 Å². The molecular weight excluding hydrogens is 388 g/mol. The molecule has 3 heteroatoms. The Morgan fingerprint density at radius 2 is 1.31 bits per heavy atom. The summed E-state index contributed by atoms with van der Waals surface area (Å²) in [5, 5.41) is 0. The van der Waals surface area contributed by atoms with E-state index in [4.69, 9.17) is 5.73 Å². The van der Waals surface area contributed by atoms with Crippen LogP contribution in [0.25, 0.3) is 11.1 Å². The highest BCUT2D eigenvalue weighted by atomic mass is 127. The number of nitrogens with two attached hydrogens (primary N) is 1. The molecule has 0 radical (unpaired) electrons. The predicted octanol–water partition coefficient (Wildman–Crippen LogP) is 3.58. The molecule has 0 saturated carbocycles. The van der Waals surface area contributed by atoms with Crippen LogP contribution in [0.5, 0.6) is 0 Å². The first-order valence-corrected chi connectivity index (χ1v) is 5.98. The SMILES string of the molecule is Nc1c(I)c2cccccc-2c1I. The molecule has 0 fully saturated rings. The van der Waals surface area contributed by atoms with Crippen LogP contribution in [0, 0.1) is 7.14 Å². The molecule has 66 valence electrons. The Bertz CT molecular complexity index is 389. The first-order valence-electron chi connectivity index (χ1n) is 3.83. The highest BCUT2D eigenvalue weighted by Gasteiger charge is 2.15. The van der Waals surface area contributed by atoms with E-state index in [1.165, 1.54) is 11.1 Å². The van der Waals surface area contributed by atoms with Crippen LogP contribution in [-0.4, -0.2) is 0 Å². The van der Waals surface area contributed by atoms with Gasteiger partial charge in [-0.25, -0.2) is 0 Å². The standard InChI is InChI=1S/C10H7I2N/c11-8-6-4-2-1-3-5-7(6)9(12)10(8)13/h1-5H,13H2. The zero-order valence-corrected chi connectivity index (χ0v) is 11.0. The minimum absolute atomic E-state index is 0.905. The van der Waals surface area contributed by atoms with E-state index in [1.807, 2.05) is 18.2 Å². The Balaban J connectivity index is 2.86. The van der Waals surface area contributed by atoms with E-state index in [0.717, 1.165) is 12.8 Å². The van der Waals surface area contributed by atoms with E-state index in [2.05, 4.69) is 57.3 Å². The number of halogens is 2. The first kappa shape index (κ1) is 9.51. The van der Waals surface area contributed by atoms with Crippen molar-refractivity contribution in [2.24, 2.45) is 0 Å². The number of anilines is 1. The average molecular weight is 395 g/mol. The molecule has 0 aromatic heterocycles. The van der Waals surface area contributed by atoms with Crippen LogP contribution in [0.3, 0.4) is 0 Å². The van der Waals surface area contributed by atoms with Crippen molar-refractivity contribution in [3.8, 4) is 11.1 Å². The Morgan fingerprint density at radius 1 is 0.846 bits per heavy atom. The van der Waals surface area contributed by atoms with Crippen molar-refractivity contribution in [2.75, 3.05) is 5.73 Å². The van der Waals surface area contributed by atoms with Gasteiger partial charge in [0.25, 0.3) is 0 Å². The lowest BCUT2D eigenvalue weighted by Gasteiger charge is -1.91. The second kappa shape index (κ2) is 3.61. The van der Waals surface area contributed by atoms with Crippen LogP contribution in [0.15, 0.2) is 30.3 Å². The maximum atomic E-state index is 5.94. The second-order valence-electron chi connectivity index (χ2n) is 2.78. The van der Waals surface area contributed by atoms with E-state index < -0.39 is 0 Å². The van der Waals surface area contributed by atoms with E-state index in [1.54, 1.807) is 0 Å². The van der Waals surface area contributed by atoms with Crippen molar-refractivity contribution in [3.05, 3.63) is 37.5 Å². The minimum Gasteiger partial charge on any atom is -0.397 e. The first-order chi connectivity index (χ1) is 6.22. The van der Waals surface area contributed by atoms with E-state index >= 15 is 0 Å². The second-order valence-corrected chi connectivity index (χ2v) is 4.94. The van der Waals surface area contributed by atoms with E-state index in [0.29, 0.717) is 0 Å². The quantitative estimate of drug-likeness (QED) is 0.679. The maximum Gasteiger partial charge on any atom is 0.0598 e. The van der Waals surface area contributed by atoms with Gasteiger partial charge in [0.1, 0.15) is 0 Å². The van der Waals surface area contributed by atoms with Crippen LogP contribution in [0.4, 0.5) is 5.69 Å². The molecule has 0 atom stereocenters. The predicted molar refractivity (Wildman–Crippen MR) is 72.9 cm³/mol. The lowest BCUT2D eigenvalue weighted by molar-refractivity contribution is 1.76. The van der Waals surface area contributed by atoms with Crippen molar-refractivity contribution in [3.63, 3.8) is 0 Å². The van der Waals surface area contributed by atoms with Crippen LogP contribution < -0.4 is 5.73 Å². The minimum atomic E-state index is 0.905. The van der Waals surface area contributed by atoms with Gasteiger partial charge in [0.15, 0.2) is 0 Å². The highest BCUT2D eigenvalue weighted by Crippen LogP contribution is 2.39. The highest BCUT2D eigenvalue weighted by molar-refractivity contribution is 14.1. The van der Waals surface area contributed by atoms with Gasteiger partial charge >= 0.3 is 0 Å². The third kappa shape index (κ3) is 1.52. The Morgan fingerprint density at radius 3 is 1.77 bits per heavy atom. The molecule has 2 aliphatic carbocycles. The summed E-state index contributed by atoms with van der Waals surface area (Å²) in [6.45, 7) is 0. The molecule has 2 N–H and O–H groups in total. The largest absolute Gasteiger partial charge is 0.397 e. The fraction of sp³-hybridized carbons (Fsp3) is 0. The molecule has 0 unspecified atom stereocenters. The molecular formula is C10H7I2N. The van der Waals surface area contributed by atoms with Gasteiger partial charge < -0.3 is 5.73 Å². The molecule has 0 spiro atoms. The fourth-order valence-electron chi connectivity index (χ4n) is 1.32. The van der Waals surface area contributed by atoms with Crippen LogP contribution >= 0.6 is 45.2 Å². The van der Waals surface area contributed by atoms with Gasteiger partial charge in [-0.15, -0.1) is 0 Å². The lowest BCUT2D eigenvalue weighted by atomic mass is 10.2. The molecule has 1 nitrogen and oxygen atoms in total. The summed E-state index contributed by atoms with van der Waals surface area (Å²) in [5.41, 5.74) is 9.33. The van der Waals surface area contributed by atoms with Crippen molar-refractivity contribution >= 4 is 50.9 Å². The molecule has 2 aliphatic rings. The molecule has 0 saturated heterocycles. The molecule has 0 bridgehead atoms.